The van der Waals surface area contributed by atoms with Crippen LogP contribution in [0.2, 0.25) is 0 Å². The normalized spacial score (nSPS) is 20.4. The van der Waals surface area contributed by atoms with Gasteiger partial charge in [0.2, 0.25) is 0 Å². The van der Waals surface area contributed by atoms with Crippen molar-refractivity contribution in [2.24, 2.45) is 0 Å². The maximum atomic E-state index is 11.9. The Morgan fingerprint density at radius 2 is 2.11 bits per heavy atom. The van der Waals surface area contributed by atoms with Crippen molar-refractivity contribution < 1.29 is 10.1 Å². The fourth-order valence-corrected chi connectivity index (χ4v) is 3.45. The fraction of sp³-hybridized carbons (Fsp3) is 0.533. The van der Waals surface area contributed by atoms with Crippen LogP contribution in [0.25, 0.3) is 0 Å². The van der Waals surface area contributed by atoms with E-state index < -0.39 is 0 Å². The van der Waals surface area contributed by atoms with Crippen LogP contribution < -0.4 is 10.6 Å². The number of nitrogens with zero attached hydrogens (tertiary/aromatic N) is 1. The highest BCUT2D eigenvalue weighted by Crippen LogP contribution is 2.39. The molecule has 19 heavy (non-hydrogen) atoms. The molecule has 3 rings (SSSR count). The average Bonchev–Trinajstić information content (AvgIpc) is 2.80. The second-order valence-electron chi connectivity index (χ2n) is 5.60. The third-order valence-electron chi connectivity index (χ3n) is 4.58. The van der Waals surface area contributed by atoms with E-state index in [0.29, 0.717) is 12.0 Å². The molecule has 1 saturated heterocycles. The first-order valence-corrected chi connectivity index (χ1v) is 7.21. The van der Waals surface area contributed by atoms with E-state index in [0.717, 1.165) is 32.5 Å². The third kappa shape index (κ3) is 2.10. The predicted molar refractivity (Wildman–Crippen MR) is 74.5 cm³/mol. The smallest absolute Gasteiger partial charge is 0.317 e. The quantitative estimate of drug-likeness (QED) is 0.726. The number of rotatable bonds is 1. The number of carbonyl (C=O) groups is 1. The van der Waals surface area contributed by atoms with Crippen molar-refractivity contribution >= 4 is 11.7 Å². The molecule has 0 radical (unpaired) electrons. The molecule has 1 aromatic rings. The first-order chi connectivity index (χ1) is 9.25. The van der Waals surface area contributed by atoms with Gasteiger partial charge in [-0.2, -0.15) is 0 Å². The first-order valence-electron chi connectivity index (χ1n) is 7.21. The number of urea groups is 1. The van der Waals surface area contributed by atoms with Gasteiger partial charge in [0.1, 0.15) is 5.69 Å². The Balaban J connectivity index is 1.72. The Morgan fingerprint density at radius 3 is 2.84 bits per heavy atom. The molecule has 0 atom stereocenters. The van der Waals surface area contributed by atoms with Gasteiger partial charge in [0.25, 0.3) is 0 Å². The standard InChI is InChI=1S/C15H21N3O/c1-2-16-14(19)18-9-7-15(8-10-18)11-17-13-6-4-3-5-12(13)15/h3-6,17H,2,7-11H2,1H3,(H,16,19)/p+1. The number of benzene rings is 1. The lowest BCUT2D eigenvalue weighted by molar-refractivity contribution is -0.569. The summed E-state index contributed by atoms with van der Waals surface area (Å²) in [6.45, 7) is 5.54. The average molecular weight is 260 g/mol. The van der Waals surface area contributed by atoms with Crippen molar-refractivity contribution in [2.45, 2.75) is 25.2 Å². The minimum absolute atomic E-state index is 0.0904. The molecule has 0 unspecified atom stereocenters. The lowest BCUT2D eigenvalue weighted by Gasteiger charge is -2.37. The number of fused-ring (bicyclic) bond motifs is 2. The van der Waals surface area contributed by atoms with E-state index in [1.54, 1.807) is 0 Å². The number of carbonyl (C=O) groups excluding carboxylic acids is 1. The van der Waals surface area contributed by atoms with E-state index in [9.17, 15) is 4.79 Å². The van der Waals surface area contributed by atoms with Crippen LogP contribution >= 0.6 is 0 Å². The van der Waals surface area contributed by atoms with Crippen LogP contribution in [0, 0.1) is 0 Å². The summed E-state index contributed by atoms with van der Waals surface area (Å²) in [6.07, 6.45) is 2.16. The molecule has 0 bridgehead atoms. The van der Waals surface area contributed by atoms with E-state index in [-0.39, 0.29) is 6.03 Å². The van der Waals surface area contributed by atoms with Crippen LogP contribution in [0.15, 0.2) is 24.3 Å². The topological polar surface area (TPSA) is 49.0 Å². The van der Waals surface area contributed by atoms with Gasteiger partial charge in [0.15, 0.2) is 0 Å². The molecule has 4 heteroatoms. The molecule has 4 nitrogen and oxygen atoms in total. The largest absolute Gasteiger partial charge is 0.338 e. The molecule has 2 aliphatic heterocycles. The Labute approximate surface area is 114 Å². The summed E-state index contributed by atoms with van der Waals surface area (Å²) >= 11 is 0. The molecule has 0 aromatic heterocycles. The molecule has 0 saturated carbocycles. The van der Waals surface area contributed by atoms with Crippen molar-refractivity contribution in [3.63, 3.8) is 0 Å². The van der Waals surface area contributed by atoms with Gasteiger partial charge in [-0.3, -0.25) is 0 Å². The monoisotopic (exact) mass is 260 g/mol. The predicted octanol–water partition coefficient (Wildman–Crippen LogP) is 0.958. The van der Waals surface area contributed by atoms with Gasteiger partial charge in [-0.1, -0.05) is 18.2 Å². The highest BCUT2D eigenvalue weighted by atomic mass is 16.2. The molecular formula is C15H22N3O+. The van der Waals surface area contributed by atoms with Crippen molar-refractivity contribution in [3.05, 3.63) is 29.8 Å². The Bertz CT molecular complexity index is 478. The molecule has 2 aliphatic rings. The first kappa shape index (κ1) is 12.5. The molecule has 1 spiro atoms. The van der Waals surface area contributed by atoms with Gasteiger partial charge >= 0.3 is 6.03 Å². The molecule has 1 fully saturated rings. The highest BCUT2D eigenvalue weighted by Gasteiger charge is 2.44. The van der Waals surface area contributed by atoms with Crippen LogP contribution in [0.5, 0.6) is 0 Å². The molecule has 0 aliphatic carbocycles. The summed E-state index contributed by atoms with van der Waals surface area (Å²) in [4.78, 5) is 13.8. The summed E-state index contributed by atoms with van der Waals surface area (Å²) in [5, 5.41) is 5.25. The van der Waals surface area contributed by atoms with Gasteiger partial charge in [0.05, 0.1) is 12.0 Å². The summed E-state index contributed by atoms with van der Waals surface area (Å²) in [5.41, 5.74) is 3.18. The second kappa shape index (κ2) is 4.85. The van der Waals surface area contributed by atoms with Gasteiger partial charge in [0, 0.05) is 25.2 Å². The number of quaternary nitrogens is 1. The molecule has 2 amide bonds. The van der Waals surface area contributed by atoms with Gasteiger partial charge in [-0.05, 0) is 25.8 Å². The van der Waals surface area contributed by atoms with Gasteiger partial charge in [-0.15, -0.1) is 0 Å². The van der Waals surface area contributed by atoms with Crippen molar-refractivity contribution in [1.82, 2.24) is 10.2 Å². The zero-order valence-corrected chi connectivity index (χ0v) is 11.5. The summed E-state index contributed by atoms with van der Waals surface area (Å²) in [6, 6.07) is 8.81. The summed E-state index contributed by atoms with van der Waals surface area (Å²) in [5.74, 6) is 0. The zero-order valence-electron chi connectivity index (χ0n) is 11.5. The Kier molecular flexibility index (Phi) is 3.19. The third-order valence-corrected chi connectivity index (χ3v) is 4.58. The van der Waals surface area contributed by atoms with E-state index in [1.165, 1.54) is 11.3 Å². The Hall–Kier alpha value is -1.55. The molecule has 3 N–H and O–H groups in total. The number of nitrogens with one attached hydrogen (secondary N) is 1. The van der Waals surface area contributed by atoms with E-state index in [4.69, 9.17) is 0 Å². The molecule has 102 valence electrons. The zero-order chi connectivity index (χ0) is 13.3. The highest BCUT2D eigenvalue weighted by molar-refractivity contribution is 5.74. The minimum atomic E-state index is 0.0904. The minimum Gasteiger partial charge on any atom is -0.338 e. The number of para-hydroxylation sites is 1. The van der Waals surface area contributed by atoms with Gasteiger partial charge in [-0.25, -0.2) is 4.79 Å². The number of hydrogen-bond donors (Lipinski definition) is 2. The summed E-state index contributed by atoms with van der Waals surface area (Å²) in [7, 11) is 0. The van der Waals surface area contributed by atoms with Crippen LogP contribution in [-0.2, 0) is 5.41 Å². The van der Waals surface area contributed by atoms with Crippen LogP contribution in [0.1, 0.15) is 25.3 Å². The number of nitrogens with two attached hydrogens (primary N) is 1. The molecular weight excluding hydrogens is 238 g/mol. The Morgan fingerprint density at radius 1 is 1.37 bits per heavy atom. The van der Waals surface area contributed by atoms with Crippen LogP contribution in [0.3, 0.4) is 0 Å². The van der Waals surface area contributed by atoms with Crippen molar-refractivity contribution in [3.8, 4) is 0 Å². The van der Waals surface area contributed by atoms with Gasteiger partial charge < -0.3 is 15.5 Å². The van der Waals surface area contributed by atoms with Crippen LogP contribution in [-0.4, -0.2) is 37.1 Å². The van der Waals surface area contributed by atoms with E-state index in [2.05, 4.69) is 34.9 Å². The number of hydrogen-bond acceptors (Lipinski definition) is 1. The molecule has 2 heterocycles. The molecule has 1 aromatic carbocycles. The second-order valence-corrected chi connectivity index (χ2v) is 5.60. The van der Waals surface area contributed by atoms with Crippen molar-refractivity contribution in [2.75, 3.05) is 26.2 Å². The lowest BCUT2D eigenvalue weighted by Crippen LogP contribution is -2.78. The van der Waals surface area contributed by atoms with Crippen LogP contribution in [0.4, 0.5) is 10.5 Å². The maximum Gasteiger partial charge on any atom is 0.317 e. The summed E-state index contributed by atoms with van der Waals surface area (Å²) < 4.78 is 0. The number of piperidine rings is 1. The maximum absolute atomic E-state index is 11.9. The van der Waals surface area contributed by atoms with E-state index in [1.807, 2.05) is 11.8 Å². The van der Waals surface area contributed by atoms with E-state index >= 15 is 0 Å². The fourth-order valence-electron chi connectivity index (χ4n) is 3.45. The number of amides is 2. The SMILES string of the molecule is CCNC(=O)N1CCC2(CC1)C[NH2+]c1ccccc12. The number of likely N-dealkylation sites (tertiary alicyclic amines) is 1. The van der Waals surface area contributed by atoms with Crippen molar-refractivity contribution in [1.29, 1.82) is 0 Å². The lowest BCUT2D eigenvalue weighted by atomic mass is 9.74.